The van der Waals surface area contributed by atoms with Crippen molar-refractivity contribution in [3.8, 4) is 5.75 Å². The first-order valence-electron chi connectivity index (χ1n) is 8.98. The van der Waals surface area contributed by atoms with Gasteiger partial charge in [-0.05, 0) is 43.2 Å². The molecule has 0 bridgehead atoms. The van der Waals surface area contributed by atoms with Crippen LogP contribution in [0.1, 0.15) is 24.9 Å². The predicted octanol–water partition coefficient (Wildman–Crippen LogP) is 2.26. The minimum Gasteiger partial charge on any atom is -0.484 e. The Morgan fingerprint density at radius 3 is 2.39 bits per heavy atom. The highest BCUT2D eigenvalue weighted by Crippen LogP contribution is 2.19. The summed E-state index contributed by atoms with van der Waals surface area (Å²) in [5.74, 6) is 0.174. The number of nitrogens with one attached hydrogen (secondary N) is 2. The quantitative estimate of drug-likeness (QED) is 0.558. The lowest BCUT2D eigenvalue weighted by Crippen LogP contribution is -2.30. The normalized spacial score (nSPS) is 12.4. The number of ether oxygens (including phenoxy) is 2. The Morgan fingerprint density at radius 2 is 1.75 bits per heavy atom. The van der Waals surface area contributed by atoms with E-state index in [0.29, 0.717) is 18.9 Å². The van der Waals surface area contributed by atoms with Crippen LogP contribution in [-0.4, -0.2) is 41.2 Å². The van der Waals surface area contributed by atoms with Gasteiger partial charge in [-0.1, -0.05) is 30.3 Å². The van der Waals surface area contributed by atoms with Crippen LogP contribution < -0.4 is 14.8 Å². The van der Waals surface area contributed by atoms with Gasteiger partial charge in [0.1, 0.15) is 5.75 Å². The molecule has 2 N–H and O–H groups in total. The second kappa shape index (κ2) is 10.8. The van der Waals surface area contributed by atoms with E-state index in [4.69, 9.17) is 9.47 Å². The summed E-state index contributed by atoms with van der Waals surface area (Å²) in [5.41, 5.74) is 0.877. The van der Waals surface area contributed by atoms with E-state index in [2.05, 4.69) is 10.0 Å². The van der Waals surface area contributed by atoms with Crippen LogP contribution in [0.5, 0.6) is 5.75 Å². The van der Waals surface area contributed by atoms with Crippen molar-refractivity contribution in [2.24, 2.45) is 0 Å². The highest BCUT2D eigenvalue weighted by molar-refractivity contribution is 7.89. The third kappa shape index (κ3) is 6.95. The summed E-state index contributed by atoms with van der Waals surface area (Å²) in [7, 11) is -2.07. The van der Waals surface area contributed by atoms with E-state index in [1.165, 1.54) is 24.3 Å². The van der Waals surface area contributed by atoms with Crippen LogP contribution in [0, 0.1) is 0 Å². The molecule has 0 fully saturated rings. The number of rotatable bonds is 11. The van der Waals surface area contributed by atoms with Crippen LogP contribution in [0.2, 0.25) is 0 Å². The highest BCUT2D eigenvalue weighted by atomic mass is 32.2. The molecule has 0 aromatic heterocycles. The number of methoxy groups -OCH3 is 1. The van der Waals surface area contributed by atoms with Crippen molar-refractivity contribution in [3.05, 3.63) is 60.2 Å². The minimum atomic E-state index is -3.67. The van der Waals surface area contributed by atoms with Crippen molar-refractivity contribution in [1.82, 2.24) is 10.0 Å². The molecule has 0 spiro atoms. The molecule has 2 aromatic rings. The van der Waals surface area contributed by atoms with Crippen LogP contribution in [-0.2, 0) is 19.6 Å². The van der Waals surface area contributed by atoms with Crippen molar-refractivity contribution >= 4 is 15.9 Å². The summed E-state index contributed by atoms with van der Waals surface area (Å²) in [6.07, 6.45) is 0.725. The molecule has 2 rings (SSSR count). The summed E-state index contributed by atoms with van der Waals surface area (Å²) < 4.78 is 38.0. The topological polar surface area (TPSA) is 93.7 Å². The van der Waals surface area contributed by atoms with Crippen LogP contribution in [0.25, 0.3) is 0 Å². The molecule has 0 aliphatic rings. The Balaban J connectivity index is 1.87. The maximum Gasteiger partial charge on any atom is 0.257 e. The zero-order chi connectivity index (χ0) is 20.4. The van der Waals surface area contributed by atoms with E-state index >= 15 is 0 Å². The zero-order valence-corrected chi connectivity index (χ0v) is 16.9. The van der Waals surface area contributed by atoms with E-state index in [1.54, 1.807) is 14.0 Å². The number of carbonyl (C=O) groups excluding carboxylic acids is 1. The fourth-order valence-electron chi connectivity index (χ4n) is 2.47. The molecular weight excluding hydrogens is 380 g/mol. The average molecular weight is 407 g/mol. The predicted molar refractivity (Wildman–Crippen MR) is 107 cm³/mol. The van der Waals surface area contributed by atoms with Gasteiger partial charge in [-0.3, -0.25) is 4.79 Å². The molecule has 1 atom stereocenters. The Morgan fingerprint density at radius 1 is 1.07 bits per heavy atom. The molecule has 0 saturated carbocycles. The molecule has 8 heteroatoms. The Kier molecular flexibility index (Phi) is 8.43. The number of carbonyl (C=O) groups is 1. The van der Waals surface area contributed by atoms with Gasteiger partial charge >= 0.3 is 0 Å². The van der Waals surface area contributed by atoms with Gasteiger partial charge < -0.3 is 14.8 Å². The molecule has 0 saturated heterocycles. The lowest BCUT2D eigenvalue weighted by Gasteiger charge is -2.15. The van der Waals surface area contributed by atoms with Crippen LogP contribution >= 0.6 is 0 Å². The molecule has 0 aliphatic carbocycles. The zero-order valence-electron chi connectivity index (χ0n) is 16.1. The second-order valence-electron chi connectivity index (χ2n) is 6.21. The van der Waals surface area contributed by atoms with Gasteiger partial charge in [0.05, 0.1) is 4.90 Å². The van der Waals surface area contributed by atoms with E-state index in [1.807, 2.05) is 30.3 Å². The van der Waals surface area contributed by atoms with Crippen LogP contribution in [0.4, 0.5) is 0 Å². The fraction of sp³-hybridized carbons (Fsp3) is 0.350. The van der Waals surface area contributed by atoms with Crippen molar-refractivity contribution in [1.29, 1.82) is 0 Å². The molecular formula is C20H26N2O5S. The third-order valence-corrected chi connectivity index (χ3v) is 5.54. The van der Waals surface area contributed by atoms with Crippen LogP contribution in [0.3, 0.4) is 0 Å². The summed E-state index contributed by atoms with van der Waals surface area (Å²) in [6, 6.07) is 14.9. The molecule has 0 unspecified atom stereocenters. The maximum atomic E-state index is 12.5. The molecule has 0 aliphatic heterocycles. The maximum absolute atomic E-state index is 12.5. The summed E-state index contributed by atoms with van der Waals surface area (Å²) in [5, 5.41) is 2.71. The van der Waals surface area contributed by atoms with Crippen molar-refractivity contribution in [3.63, 3.8) is 0 Å². The van der Waals surface area contributed by atoms with Crippen LogP contribution in [0.15, 0.2) is 59.5 Å². The summed E-state index contributed by atoms with van der Waals surface area (Å²) >= 11 is 0. The SMILES string of the molecule is COCCCNC(=O)COc1ccc(S(=O)(=O)N[C@@H](C)c2ccccc2)cc1. The highest BCUT2D eigenvalue weighted by Gasteiger charge is 2.18. The van der Waals surface area contributed by atoms with E-state index in [0.717, 1.165) is 12.0 Å². The van der Waals surface area contributed by atoms with E-state index in [-0.39, 0.29) is 23.5 Å². The molecule has 0 radical (unpaired) electrons. The first kappa shape index (κ1) is 21.9. The van der Waals surface area contributed by atoms with Gasteiger partial charge in [0, 0.05) is 26.3 Å². The molecule has 2 aromatic carbocycles. The Hall–Kier alpha value is -2.42. The summed E-state index contributed by atoms with van der Waals surface area (Å²) in [6.45, 7) is 2.74. The number of amides is 1. The van der Waals surface area contributed by atoms with Gasteiger partial charge in [0.2, 0.25) is 10.0 Å². The number of hydrogen-bond donors (Lipinski definition) is 2. The third-order valence-electron chi connectivity index (χ3n) is 3.98. The number of hydrogen-bond acceptors (Lipinski definition) is 5. The molecule has 7 nitrogen and oxygen atoms in total. The largest absolute Gasteiger partial charge is 0.484 e. The lowest BCUT2D eigenvalue weighted by molar-refractivity contribution is -0.123. The average Bonchev–Trinajstić information content (AvgIpc) is 2.70. The molecule has 0 heterocycles. The van der Waals surface area contributed by atoms with Gasteiger partial charge in [-0.15, -0.1) is 0 Å². The standard InChI is InChI=1S/C20H26N2O5S/c1-16(17-7-4-3-5-8-17)22-28(24,25)19-11-9-18(10-12-19)27-15-20(23)21-13-6-14-26-2/h3-5,7-12,16,22H,6,13-15H2,1-2H3,(H,21,23)/t16-/m0/s1. The monoisotopic (exact) mass is 406 g/mol. The number of sulfonamides is 1. The smallest absolute Gasteiger partial charge is 0.257 e. The Bertz CT molecular complexity index is 839. The van der Waals surface area contributed by atoms with E-state index in [9.17, 15) is 13.2 Å². The van der Waals surface area contributed by atoms with Crippen molar-refractivity contribution in [2.45, 2.75) is 24.3 Å². The molecule has 28 heavy (non-hydrogen) atoms. The van der Waals surface area contributed by atoms with Gasteiger partial charge in [-0.25, -0.2) is 13.1 Å². The van der Waals surface area contributed by atoms with Crippen molar-refractivity contribution in [2.75, 3.05) is 26.9 Å². The van der Waals surface area contributed by atoms with Gasteiger partial charge in [0.25, 0.3) is 5.91 Å². The van der Waals surface area contributed by atoms with Crippen molar-refractivity contribution < 1.29 is 22.7 Å². The first-order valence-corrected chi connectivity index (χ1v) is 10.5. The second-order valence-corrected chi connectivity index (χ2v) is 7.92. The lowest BCUT2D eigenvalue weighted by atomic mass is 10.1. The van der Waals surface area contributed by atoms with E-state index < -0.39 is 10.0 Å². The first-order chi connectivity index (χ1) is 13.4. The fourth-order valence-corrected chi connectivity index (χ4v) is 3.70. The van der Waals surface area contributed by atoms with Gasteiger partial charge in [0.15, 0.2) is 6.61 Å². The molecule has 1 amide bonds. The summed E-state index contributed by atoms with van der Waals surface area (Å²) in [4.78, 5) is 11.8. The Labute approximate surface area is 166 Å². The van der Waals surface area contributed by atoms with Gasteiger partial charge in [-0.2, -0.15) is 0 Å². The molecule has 152 valence electrons. The number of benzene rings is 2. The minimum absolute atomic E-state index is 0.131.